The molecule has 1 aliphatic rings. The third-order valence-electron chi connectivity index (χ3n) is 4.63. The largest absolute Gasteiger partial charge is 0.452 e. The Morgan fingerprint density at radius 2 is 1.79 bits per heavy atom. The number of ether oxygens (including phenoxy) is 2. The molecule has 9 heteroatoms. The summed E-state index contributed by atoms with van der Waals surface area (Å²) in [6.45, 7) is 6.93. The van der Waals surface area contributed by atoms with Crippen LogP contribution >= 0.6 is 0 Å². The van der Waals surface area contributed by atoms with E-state index < -0.39 is 16.0 Å². The molecule has 0 spiro atoms. The number of hydrogen-bond acceptors (Lipinski definition) is 6. The molecule has 1 atom stereocenters. The predicted molar refractivity (Wildman–Crippen MR) is 108 cm³/mol. The minimum absolute atomic E-state index is 0.0102. The number of nitrogens with one attached hydrogen (secondary N) is 1. The highest BCUT2D eigenvalue weighted by atomic mass is 32.2. The summed E-state index contributed by atoms with van der Waals surface area (Å²) < 4.78 is 36.6. The zero-order valence-corrected chi connectivity index (χ0v) is 17.8. The minimum Gasteiger partial charge on any atom is -0.452 e. The Morgan fingerprint density at radius 3 is 2.38 bits per heavy atom. The molecular formula is C20H28N2O6S. The topological polar surface area (TPSA) is 102 Å². The highest BCUT2D eigenvalue weighted by Gasteiger charge is 2.25. The molecule has 1 saturated heterocycles. The standard InChI is InChI=1S/C20H28N2O6S/c1-15(2)16(3)21-19(23)14-28-20(24)9-6-17-4-7-18(8-5-17)29(25,26)22-10-12-27-13-11-22/h4-9,15-16H,10-14H2,1-3H3,(H,21,23)/b9-6+/t16-/m1/s1. The van der Waals surface area contributed by atoms with Gasteiger partial charge in [0.25, 0.3) is 5.91 Å². The van der Waals surface area contributed by atoms with Crippen LogP contribution in [0.15, 0.2) is 35.2 Å². The maximum absolute atomic E-state index is 12.6. The Hall–Kier alpha value is -2.23. The number of carbonyl (C=O) groups excluding carboxylic acids is 2. The van der Waals surface area contributed by atoms with E-state index in [0.29, 0.717) is 31.9 Å². The van der Waals surface area contributed by atoms with Gasteiger partial charge < -0.3 is 14.8 Å². The van der Waals surface area contributed by atoms with E-state index in [2.05, 4.69) is 5.32 Å². The van der Waals surface area contributed by atoms with Crippen LogP contribution in [0.1, 0.15) is 26.3 Å². The van der Waals surface area contributed by atoms with Gasteiger partial charge in [-0.15, -0.1) is 0 Å². The van der Waals surface area contributed by atoms with Crippen molar-refractivity contribution in [3.05, 3.63) is 35.9 Å². The zero-order valence-electron chi connectivity index (χ0n) is 17.0. The number of sulfonamides is 1. The molecule has 0 radical (unpaired) electrons. The Morgan fingerprint density at radius 1 is 1.17 bits per heavy atom. The van der Waals surface area contributed by atoms with Crippen LogP contribution in [0.5, 0.6) is 0 Å². The van der Waals surface area contributed by atoms with Gasteiger partial charge in [-0.3, -0.25) is 4.79 Å². The first-order chi connectivity index (χ1) is 13.7. The van der Waals surface area contributed by atoms with Crippen LogP contribution in [0.3, 0.4) is 0 Å². The third-order valence-corrected chi connectivity index (χ3v) is 6.55. The van der Waals surface area contributed by atoms with Crippen molar-refractivity contribution in [2.24, 2.45) is 5.92 Å². The number of rotatable bonds is 8. The Balaban J connectivity index is 1.87. The fourth-order valence-corrected chi connectivity index (χ4v) is 3.91. The van der Waals surface area contributed by atoms with Crippen LogP contribution in [-0.4, -0.2) is 63.6 Å². The van der Waals surface area contributed by atoms with E-state index in [4.69, 9.17) is 9.47 Å². The number of esters is 1. The van der Waals surface area contributed by atoms with Crippen molar-refractivity contribution < 1.29 is 27.5 Å². The molecule has 1 fully saturated rings. The van der Waals surface area contributed by atoms with Crippen LogP contribution in [0.25, 0.3) is 6.08 Å². The van der Waals surface area contributed by atoms with Crippen LogP contribution in [0, 0.1) is 5.92 Å². The van der Waals surface area contributed by atoms with Gasteiger partial charge in [-0.1, -0.05) is 26.0 Å². The van der Waals surface area contributed by atoms with Crippen LogP contribution in [0.4, 0.5) is 0 Å². The molecule has 0 saturated carbocycles. The first-order valence-corrected chi connectivity index (χ1v) is 11.0. The molecular weight excluding hydrogens is 396 g/mol. The van der Waals surface area contributed by atoms with E-state index in [1.54, 1.807) is 12.1 Å². The number of carbonyl (C=O) groups is 2. The van der Waals surface area contributed by atoms with Gasteiger partial charge in [-0.2, -0.15) is 4.31 Å². The molecule has 2 rings (SSSR count). The quantitative estimate of drug-likeness (QED) is 0.500. The molecule has 1 aliphatic heterocycles. The molecule has 8 nitrogen and oxygen atoms in total. The summed E-state index contributed by atoms with van der Waals surface area (Å²) in [6, 6.07) is 6.19. The van der Waals surface area contributed by atoms with Crippen molar-refractivity contribution in [3.63, 3.8) is 0 Å². The Labute approximate surface area is 171 Å². The molecule has 160 valence electrons. The summed E-state index contributed by atoms with van der Waals surface area (Å²) in [5.74, 6) is -0.724. The van der Waals surface area contributed by atoms with Gasteiger partial charge in [-0.05, 0) is 36.6 Å². The summed E-state index contributed by atoms with van der Waals surface area (Å²) in [6.07, 6.45) is 2.70. The van der Waals surface area contributed by atoms with Gasteiger partial charge in [-0.25, -0.2) is 13.2 Å². The fraction of sp³-hybridized carbons (Fsp3) is 0.500. The lowest BCUT2D eigenvalue weighted by Gasteiger charge is -2.26. The van der Waals surface area contributed by atoms with Crippen molar-refractivity contribution in [1.82, 2.24) is 9.62 Å². The van der Waals surface area contributed by atoms with Gasteiger partial charge in [0, 0.05) is 25.2 Å². The molecule has 0 aliphatic carbocycles. The fourth-order valence-electron chi connectivity index (χ4n) is 2.50. The summed E-state index contributed by atoms with van der Waals surface area (Å²) in [5, 5.41) is 2.75. The lowest BCUT2D eigenvalue weighted by atomic mass is 10.1. The number of amides is 1. The number of morpholine rings is 1. The Kier molecular flexibility index (Phi) is 8.36. The first-order valence-electron chi connectivity index (χ1n) is 9.52. The molecule has 1 N–H and O–H groups in total. The highest BCUT2D eigenvalue weighted by Crippen LogP contribution is 2.18. The van der Waals surface area contributed by atoms with E-state index in [-0.39, 0.29) is 29.4 Å². The maximum Gasteiger partial charge on any atom is 0.331 e. The second-order valence-corrected chi connectivity index (χ2v) is 9.06. The molecule has 1 aromatic carbocycles. The van der Waals surface area contributed by atoms with Crippen LogP contribution < -0.4 is 5.32 Å². The monoisotopic (exact) mass is 424 g/mol. The molecule has 0 aromatic heterocycles. The van der Waals surface area contributed by atoms with Crippen molar-refractivity contribution >= 4 is 28.0 Å². The summed E-state index contributed by atoms with van der Waals surface area (Å²) in [5.41, 5.74) is 0.640. The van der Waals surface area contributed by atoms with Crippen LogP contribution in [-0.2, 0) is 29.1 Å². The normalized spacial score (nSPS) is 16.7. The minimum atomic E-state index is -3.55. The molecule has 29 heavy (non-hydrogen) atoms. The van der Waals surface area contributed by atoms with Gasteiger partial charge in [0.2, 0.25) is 10.0 Å². The van der Waals surface area contributed by atoms with Crippen molar-refractivity contribution in [1.29, 1.82) is 0 Å². The van der Waals surface area contributed by atoms with E-state index >= 15 is 0 Å². The number of nitrogens with zero attached hydrogens (tertiary/aromatic N) is 1. The van der Waals surface area contributed by atoms with Crippen LogP contribution in [0.2, 0.25) is 0 Å². The highest BCUT2D eigenvalue weighted by molar-refractivity contribution is 7.89. The third kappa shape index (κ3) is 6.95. The number of hydrogen-bond donors (Lipinski definition) is 1. The van der Waals surface area contributed by atoms with Crippen molar-refractivity contribution in [3.8, 4) is 0 Å². The molecule has 1 aromatic rings. The Bertz CT molecular complexity index is 827. The lowest BCUT2D eigenvalue weighted by Crippen LogP contribution is -2.40. The number of benzene rings is 1. The predicted octanol–water partition coefficient (Wildman–Crippen LogP) is 1.42. The van der Waals surface area contributed by atoms with Gasteiger partial charge in [0.1, 0.15) is 0 Å². The smallest absolute Gasteiger partial charge is 0.331 e. The second-order valence-electron chi connectivity index (χ2n) is 7.13. The maximum atomic E-state index is 12.6. The molecule has 0 unspecified atom stereocenters. The average Bonchev–Trinajstić information content (AvgIpc) is 2.71. The lowest BCUT2D eigenvalue weighted by molar-refractivity contribution is -0.144. The van der Waals surface area contributed by atoms with Gasteiger partial charge >= 0.3 is 5.97 Å². The van der Waals surface area contributed by atoms with E-state index in [0.717, 1.165) is 0 Å². The second kappa shape index (κ2) is 10.5. The SMILES string of the molecule is CC(C)[C@@H](C)NC(=O)COC(=O)/C=C/c1ccc(S(=O)(=O)N2CCOCC2)cc1. The van der Waals surface area contributed by atoms with E-state index in [1.807, 2.05) is 20.8 Å². The summed E-state index contributed by atoms with van der Waals surface area (Å²) in [7, 11) is -3.55. The average molecular weight is 425 g/mol. The molecule has 0 bridgehead atoms. The molecule has 1 amide bonds. The van der Waals surface area contributed by atoms with Crippen molar-refractivity contribution in [2.75, 3.05) is 32.9 Å². The summed E-state index contributed by atoms with van der Waals surface area (Å²) >= 11 is 0. The zero-order chi connectivity index (χ0) is 21.4. The summed E-state index contributed by atoms with van der Waals surface area (Å²) in [4.78, 5) is 23.7. The van der Waals surface area contributed by atoms with Gasteiger partial charge in [0.15, 0.2) is 6.61 Å². The first kappa shape index (κ1) is 23.1. The van der Waals surface area contributed by atoms with Gasteiger partial charge in [0.05, 0.1) is 18.1 Å². The van der Waals surface area contributed by atoms with E-state index in [9.17, 15) is 18.0 Å². The van der Waals surface area contributed by atoms with E-state index in [1.165, 1.54) is 28.6 Å². The van der Waals surface area contributed by atoms with Crippen molar-refractivity contribution in [2.45, 2.75) is 31.7 Å². The molecule has 1 heterocycles.